The van der Waals surface area contributed by atoms with Gasteiger partial charge in [-0.05, 0) is 49.6 Å². The summed E-state index contributed by atoms with van der Waals surface area (Å²) in [5.41, 5.74) is 1.64. The van der Waals surface area contributed by atoms with Gasteiger partial charge < -0.3 is 10.2 Å². The fraction of sp³-hybridized carbons (Fsp3) is 0.364. The molecule has 0 aromatic heterocycles. The quantitative estimate of drug-likeness (QED) is 0.661. The highest BCUT2D eigenvalue weighted by Gasteiger charge is 2.27. The van der Waals surface area contributed by atoms with Crippen LogP contribution >= 0.6 is 23.2 Å². The number of nitrogens with one attached hydrogen (secondary N) is 1. The van der Waals surface area contributed by atoms with Gasteiger partial charge in [-0.2, -0.15) is 0 Å². The predicted molar refractivity (Wildman–Crippen MR) is 115 cm³/mol. The molecule has 0 heterocycles. The van der Waals surface area contributed by atoms with E-state index in [1.807, 2.05) is 44.2 Å². The van der Waals surface area contributed by atoms with E-state index < -0.39 is 6.04 Å². The van der Waals surface area contributed by atoms with Gasteiger partial charge in [0.25, 0.3) is 0 Å². The van der Waals surface area contributed by atoms with Crippen molar-refractivity contribution in [3.05, 3.63) is 69.7 Å². The number of hydrogen-bond acceptors (Lipinski definition) is 2. The van der Waals surface area contributed by atoms with Gasteiger partial charge in [-0.25, -0.2) is 0 Å². The van der Waals surface area contributed by atoms with Crippen molar-refractivity contribution in [1.82, 2.24) is 10.2 Å². The highest BCUT2D eigenvalue weighted by Crippen LogP contribution is 2.20. The zero-order valence-electron chi connectivity index (χ0n) is 16.4. The minimum absolute atomic E-state index is 0.0449. The number of hydrogen-bond donors (Lipinski definition) is 1. The van der Waals surface area contributed by atoms with Gasteiger partial charge >= 0.3 is 0 Å². The third kappa shape index (κ3) is 6.25. The fourth-order valence-electron chi connectivity index (χ4n) is 2.74. The molecule has 0 aliphatic carbocycles. The summed E-state index contributed by atoms with van der Waals surface area (Å²) < 4.78 is 0. The number of rotatable bonds is 8. The van der Waals surface area contributed by atoms with Crippen molar-refractivity contribution in [1.29, 1.82) is 0 Å². The monoisotopic (exact) mass is 420 g/mol. The first-order valence-electron chi connectivity index (χ1n) is 9.39. The largest absolute Gasteiger partial charge is 0.352 e. The number of carbonyl (C=O) groups excluding carboxylic acids is 2. The van der Waals surface area contributed by atoms with Crippen LogP contribution in [-0.2, 0) is 22.6 Å². The van der Waals surface area contributed by atoms with Gasteiger partial charge in [-0.1, -0.05) is 60.5 Å². The highest BCUT2D eigenvalue weighted by atomic mass is 35.5. The molecule has 0 unspecified atom stereocenters. The fourth-order valence-corrected chi connectivity index (χ4v) is 3.06. The second-order valence-electron chi connectivity index (χ2n) is 6.91. The Morgan fingerprint density at radius 1 is 1.04 bits per heavy atom. The molecule has 0 fully saturated rings. The molecule has 4 nitrogen and oxygen atoms in total. The average molecular weight is 421 g/mol. The first kappa shape index (κ1) is 22.3. The number of amides is 2. The van der Waals surface area contributed by atoms with Crippen molar-refractivity contribution in [2.45, 2.75) is 52.2 Å². The third-order valence-corrected chi connectivity index (χ3v) is 5.36. The van der Waals surface area contributed by atoms with Gasteiger partial charge in [0.05, 0.1) is 6.42 Å². The Kier molecular flexibility index (Phi) is 8.34. The van der Waals surface area contributed by atoms with Crippen LogP contribution < -0.4 is 5.32 Å². The number of nitrogens with zero attached hydrogens (tertiary/aromatic N) is 1. The Bertz CT molecular complexity index is 808. The zero-order chi connectivity index (χ0) is 20.7. The van der Waals surface area contributed by atoms with Crippen LogP contribution in [0.3, 0.4) is 0 Å². The molecule has 6 heteroatoms. The first-order valence-corrected chi connectivity index (χ1v) is 10.1. The van der Waals surface area contributed by atoms with Crippen molar-refractivity contribution in [3.8, 4) is 0 Å². The Balaban J connectivity index is 2.23. The Labute approximate surface area is 176 Å². The normalized spacial score (nSPS) is 12.9. The average Bonchev–Trinajstić information content (AvgIpc) is 2.68. The first-order chi connectivity index (χ1) is 13.3. The smallest absolute Gasteiger partial charge is 0.242 e. The minimum atomic E-state index is -0.620. The van der Waals surface area contributed by atoms with E-state index in [1.54, 1.807) is 30.0 Å². The summed E-state index contributed by atoms with van der Waals surface area (Å²) in [7, 11) is 0. The van der Waals surface area contributed by atoms with E-state index in [1.165, 1.54) is 0 Å². The second kappa shape index (κ2) is 10.5. The van der Waals surface area contributed by atoms with Crippen LogP contribution in [0.4, 0.5) is 0 Å². The highest BCUT2D eigenvalue weighted by molar-refractivity contribution is 6.31. The lowest BCUT2D eigenvalue weighted by atomic mass is 10.1. The summed E-state index contributed by atoms with van der Waals surface area (Å²) in [6.45, 7) is 5.96. The van der Waals surface area contributed by atoms with Crippen molar-refractivity contribution >= 4 is 35.0 Å². The molecule has 1 N–H and O–H groups in total. The molecule has 2 atom stereocenters. The van der Waals surface area contributed by atoms with Crippen LogP contribution in [0.2, 0.25) is 10.0 Å². The molecule has 2 rings (SSSR count). The maximum absolute atomic E-state index is 13.1. The standard InChI is InChI=1S/C22H26Cl2N2O2/c1-4-15(2)25-22(28)16(3)26(14-18-7-5-6-8-20(18)24)21(27)13-17-9-11-19(23)12-10-17/h5-12,15-16H,4,13-14H2,1-3H3,(H,25,28)/t15-,16-/m1/s1. The van der Waals surface area contributed by atoms with Gasteiger partial charge in [-0.15, -0.1) is 0 Å². The molecular weight excluding hydrogens is 395 g/mol. The Morgan fingerprint density at radius 3 is 2.29 bits per heavy atom. The molecule has 0 radical (unpaired) electrons. The summed E-state index contributed by atoms with van der Waals surface area (Å²) in [4.78, 5) is 27.3. The molecule has 150 valence electrons. The molecule has 2 aromatic rings. The SMILES string of the molecule is CC[C@@H](C)NC(=O)[C@@H](C)N(Cc1ccccc1Cl)C(=O)Cc1ccc(Cl)cc1. The van der Waals surface area contributed by atoms with Crippen molar-refractivity contribution in [2.24, 2.45) is 0 Å². The van der Waals surface area contributed by atoms with Crippen LogP contribution in [0.1, 0.15) is 38.3 Å². The van der Waals surface area contributed by atoms with E-state index in [2.05, 4.69) is 5.32 Å². The lowest BCUT2D eigenvalue weighted by Gasteiger charge is -2.30. The molecule has 0 bridgehead atoms. The molecule has 0 spiro atoms. The number of carbonyl (C=O) groups is 2. The summed E-state index contributed by atoms with van der Waals surface area (Å²) in [5, 5.41) is 4.14. The van der Waals surface area contributed by atoms with Gasteiger partial charge in [-0.3, -0.25) is 9.59 Å². The summed E-state index contributed by atoms with van der Waals surface area (Å²) in [5.74, 6) is -0.320. The van der Waals surface area contributed by atoms with E-state index in [4.69, 9.17) is 23.2 Å². The minimum Gasteiger partial charge on any atom is -0.352 e. The second-order valence-corrected chi connectivity index (χ2v) is 7.75. The van der Waals surface area contributed by atoms with Crippen LogP contribution in [0, 0.1) is 0 Å². The molecule has 2 aromatic carbocycles. The summed E-state index contributed by atoms with van der Waals surface area (Å²) >= 11 is 12.2. The third-order valence-electron chi connectivity index (χ3n) is 4.74. The van der Waals surface area contributed by atoms with E-state index in [-0.39, 0.29) is 30.8 Å². The van der Waals surface area contributed by atoms with Gasteiger partial charge in [0, 0.05) is 22.6 Å². The molecule has 2 amide bonds. The van der Waals surface area contributed by atoms with E-state index in [0.717, 1.165) is 17.5 Å². The zero-order valence-corrected chi connectivity index (χ0v) is 17.9. The lowest BCUT2D eigenvalue weighted by Crippen LogP contribution is -2.49. The number of benzene rings is 2. The topological polar surface area (TPSA) is 49.4 Å². The van der Waals surface area contributed by atoms with Crippen molar-refractivity contribution in [3.63, 3.8) is 0 Å². The summed E-state index contributed by atoms with van der Waals surface area (Å²) in [6.07, 6.45) is 1.00. The molecule has 0 saturated heterocycles. The maximum Gasteiger partial charge on any atom is 0.242 e. The van der Waals surface area contributed by atoms with Crippen LogP contribution in [-0.4, -0.2) is 28.8 Å². The van der Waals surface area contributed by atoms with E-state index in [0.29, 0.717) is 10.0 Å². The molecule has 0 aliphatic heterocycles. The number of halogens is 2. The van der Waals surface area contributed by atoms with Gasteiger partial charge in [0.2, 0.25) is 11.8 Å². The van der Waals surface area contributed by atoms with Crippen molar-refractivity contribution < 1.29 is 9.59 Å². The summed E-state index contributed by atoms with van der Waals surface area (Å²) in [6, 6.07) is 13.9. The Hall–Kier alpha value is -2.04. The molecule has 0 aliphatic rings. The maximum atomic E-state index is 13.1. The van der Waals surface area contributed by atoms with Gasteiger partial charge in [0.15, 0.2) is 0 Å². The van der Waals surface area contributed by atoms with Gasteiger partial charge in [0.1, 0.15) is 6.04 Å². The van der Waals surface area contributed by atoms with E-state index in [9.17, 15) is 9.59 Å². The van der Waals surface area contributed by atoms with E-state index >= 15 is 0 Å². The van der Waals surface area contributed by atoms with Crippen molar-refractivity contribution in [2.75, 3.05) is 0 Å². The van der Waals surface area contributed by atoms with Crippen LogP contribution in [0.15, 0.2) is 48.5 Å². The predicted octanol–water partition coefficient (Wildman–Crippen LogP) is 4.87. The molecule has 0 saturated carbocycles. The Morgan fingerprint density at radius 2 is 1.68 bits per heavy atom. The van der Waals surface area contributed by atoms with Crippen LogP contribution in [0.5, 0.6) is 0 Å². The molecule has 28 heavy (non-hydrogen) atoms. The van der Waals surface area contributed by atoms with Crippen LogP contribution in [0.25, 0.3) is 0 Å². The lowest BCUT2D eigenvalue weighted by molar-refractivity contribution is -0.140. The molecular formula is C22H26Cl2N2O2.